The van der Waals surface area contributed by atoms with E-state index in [2.05, 4.69) is 15.9 Å². The van der Waals surface area contributed by atoms with Gasteiger partial charge in [0.25, 0.3) is 5.91 Å². The highest BCUT2D eigenvalue weighted by molar-refractivity contribution is 9.10. The second kappa shape index (κ2) is 5.63. The molecule has 98 valence electrons. The summed E-state index contributed by atoms with van der Waals surface area (Å²) in [5.41, 5.74) is 6.54. The number of primary amides is 1. The molecule has 3 nitrogen and oxygen atoms in total. The summed E-state index contributed by atoms with van der Waals surface area (Å²) in [5, 5.41) is 0.481. The van der Waals surface area contributed by atoms with E-state index in [-0.39, 0.29) is 0 Å². The van der Waals surface area contributed by atoms with Gasteiger partial charge in [-0.2, -0.15) is 0 Å². The van der Waals surface area contributed by atoms with E-state index in [1.54, 1.807) is 18.2 Å². The Morgan fingerprint density at radius 2 is 1.95 bits per heavy atom. The molecule has 0 heterocycles. The Kier molecular flexibility index (Phi) is 4.12. The molecule has 0 radical (unpaired) electrons. The first-order valence-electron chi connectivity index (χ1n) is 5.51. The highest BCUT2D eigenvalue weighted by atomic mass is 79.9. The third-order valence-corrected chi connectivity index (χ3v) is 3.29. The van der Waals surface area contributed by atoms with Gasteiger partial charge >= 0.3 is 0 Å². The van der Waals surface area contributed by atoms with Gasteiger partial charge in [-0.05, 0) is 42.8 Å². The molecule has 1 amide bonds. The quantitative estimate of drug-likeness (QED) is 0.905. The topological polar surface area (TPSA) is 52.3 Å². The van der Waals surface area contributed by atoms with Crippen LogP contribution in [0.5, 0.6) is 11.5 Å². The first kappa shape index (κ1) is 13.9. The summed E-state index contributed by atoms with van der Waals surface area (Å²) in [6, 6.07) is 10.3. The van der Waals surface area contributed by atoms with Crippen LogP contribution in [0.3, 0.4) is 0 Å². The third kappa shape index (κ3) is 3.28. The first-order chi connectivity index (χ1) is 8.97. The van der Waals surface area contributed by atoms with Crippen molar-refractivity contribution in [2.45, 2.75) is 6.92 Å². The molecule has 2 aromatic carbocycles. The van der Waals surface area contributed by atoms with Gasteiger partial charge in [0.15, 0.2) is 0 Å². The molecule has 0 unspecified atom stereocenters. The largest absolute Gasteiger partial charge is 0.456 e. The van der Waals surface area contributed by atoms with Crippen LogP contribution in [-0.4, -0.2) is 5.91 Å². The molecule has 0 atom stereocenters. The zero-order valence-corrected chi connectivity index (χ0v) is 12.5. The zero-order valence-electron chi connectivity index (χ0n) is 10.1. The van der Waals surface area contributed by atoms with Crippen LogP contribution in [-0.2, 0) is 0 Å². The van der Waals surface area contributed by atoms with Gasteiger partial charge in [0, 0.05) is 15.6 Å². The molecule has 5 heteroatoms. The van der Waals surface area contributed by atoms with Crippen LogP contribution in [0.1, 0.15) is 15.9 Å². The number of rotatable bonds is 3. The Morgan fingerprint density at radius 3 is 2.58 bits per heavy atom. The number of carbonyl (C=O) groups is 1. The van der Waals surface area contributed by atoms with Crippen molar-refractivity contribution < 1.29 is 9.53 Å². The fraction of sp³-hybridized carbons (Fsp3) is 0.0714. The molecule has 0 saturated heterocycles. The van der Waals surface area contributed by atoms with E-state index in [1.807, 2.05) is 25.1 Å². The van der Waals surface area contributed by atoms with E-state index < -0.39 is 5.91 Å². The lowest BCUT2D eigenvalue weighted by Gasteiger charge is -2.12. The summed E-state index contributed by atoms with van der Waals surface area (Å²) in [4.78, 5) is 11.4. The predicted octanol–water partition coefficient (Wildman–Crippen LogP) is 4.30. The highest BCUT2D eigenvalue weighted by Gasteiger charge is 2.12. The van der Waals surface area contributed by atoms with Crippen molar-refractivity contribution in [1.29, 1.82) is 0 Å². The molecular formula is C14H11BrClNO2. The van der Waals surface area contributed by atoms with Crippen molar-refractivity contribution in [2.75, 3.05) is 0 Å². The molecule has 2 rings (SSSR count). The van der Waals surface area contributed by atoms with E-state index in [4.69, 9.17) is 22.1 Å². The summed E-state index contributed by atoms with van der Waals surface area (Å²) in [5.74, 6) is 0.444. The van der Waals surface area contributed by atoms with Gasteiger partial charge in [0.2, 0.25) is 0 Å². The van der Waals surface area contributed by atoms with E-state index >= 15 is 0 Å². The van der Waals surface area contributed by atoms with Gasteiger partial charge in [-0.1, -0.05) is 27.5 Å². The number of halogens is 2. The van der Waals surface area contributed by atoms with E-state index in [9.17, 15) is 4.79 Å². The molecule has 2 N–H and O–H groups in total. The monoisotopic (exact) mass is 339 g/mol. The van der Waals surface area contributed by atoms with Crippen LogP contribution < -0.4 is 10.5 Å². The molecule has 0 fully saturated rings. The number of ether oxygens (including phenoxy) is 1. The number of aryl methyl sites for hydroxylation is 1. The first-order valence-corrected chi connectivity index (χ1v) is 6.68. The van der Waals surface area contributed by atoms with Crippen molar-refractivity contribution in [1.82, 2.24) is 0 Å². The third-order valence-electron chi connectivity index (χ3n) is 2.57. The minimum atomic E-state index is -0.554. The molecule has 19 heavy (non-hydrogen) atoms. The fourth-order valence-corrected chi connectivity index (χ4v) is 2.27. The minimum absolute atomic E-state index is 0.298. The van der Waals surface area contributed by atoms with Crippen molar-refractivity contribution in [3.05, 3.63) is 57.0 Å². The Bertz CT molecular complexity index is 643. The summed E-state index contributed by atoms with van der Waals surface area (Å²) in [7, 11) is 0. The fourth-order valence-electron chi connectivity index (χ4n) is 1.63. The summed E-state index contributed by atoms with van der Waals surface area (Å²) in [6.45, 7) is 1.91. The summed E-state index contributed by atoms with van der Waals surface area (Å²) in [6.07, 6.45) is 0. The normalized spacial score (nSPS) is 10.3. The second-order valence-corrected chi connectivity index (χ2v) is 5.37. The molecule has 0 aromatic heterocycles. The zero-order chi connectivity index (χ0) is 14.0. The lowest BCUT2D eigenvalue weighted by atomic mass is 10.2. The smallest absolute Gasteiger partial charge is 0.252 e. The van der Waals surface area contributed by atoms with Gasteiger partial charge in [-0.15, -0.1) is 0 Å². The maximum absolute atomic E-state index is 11.4. The maximum Gasteiger partial charge on any atom is 0.252 e. The second-order valence-electron chi connectivity index (χ2n) is 4.02. The van der Waals surface area contributed by atoms with E-state index in [1.165, 1.54) is 0 Å². The van der Waals surface area contributed by atoms with E-state index in [0.717, 1.165) is 10.0 Å². The number of benzene rings is 2. The average molecular weight is 341 g/mol. The molecule has 0 bridgehead atoms. The van der Waals surface area contributed by atoms with Gasteiger partial charge in [0.1, 0.15) is 11.5 Å². The van der Waals surface area contributed by atoms with Gasteiger partial charge in [-0.25, -0.2) is 0 Å². The number of hydrogen-bond acceptors (Lipinski definition) is 2. The van der Waals surface area contributed by atoms with Crippen LogP contribution >= 0.6 is 27.5 Å². The van der Waals surface area contributed by atoms with Crippen LogP contribution in [0.2, 0.25) is 5.02 Å². The summed E-state index contributed by atoms with van der Waals surface area (Å²) >= 11 is 9.29. The standard InChI is InChI=1S/C14H11BrClNO2/c1-8-6-9(15)2-5-12(8)19-13-7-10(16)3-4-11(13)14(17)18/h2-7H,1H3,(H2,17,18). The Balaban J connectivity index is 2.42. The van der Waals surface area contributed by atoms with Crippen molar-refractivity contribution >= 4 is 33.4 Å². The number of nitrogens with two attached hydrogens (primary N) is 1. The maximum atomic E-state index is 11.4. The van der Waals surface area contributed by atoms with Crippen LogP contribution in [0.15, 0.2) is 40.9 Å². The molecule has 0 saturated carbocycles. The van der Waals surface area contributed by atoms with Crippen LogP contribution in [0.25, 0.3) is 0 Å². The SMILES string of the molecule is Cc1cc(Br)ccc1Oc1cc(Cl)ccc1C(N)=O. The lowest BCUT2D eigenvalue weighted by molar-refractivity contribution is 0.0998. The van der Waals surface area contributed by atoms with Gasteiger partial charge in [-0.3, -0.25) is 4.79 Å². The van der Waals surface area contributed by atoms with Gasteiger partial charge in [0.05, 0.1) is 5.56 Å². The number of carbonyl (C=O) groups excluding carboxylic acids is 1. The highest BCUT2D eigenvalue weighted by Crippen LogP contribution is 2.31. The Morgan fingerprint density at radius 1 is 1.21 bits per heavy atom. The summed E-state index contributed by atoms with van der Waals surface area (Å²) < 4.78 is 6.69. The average Bonchev–Trinajstić information content (AvgIpc) is 2.32. The van der Waals surface area contributed by atoms with Crippen molar-refractivity contribution in [3.8, 4) is 11.5 Å². The lowest BCUT2D eigenvalue weighted by Crippen LogP contribution is -2.12. The number of amides is 1. The number of hydrogen-bond donors (Lipinski definition) is 1. The predicted molar refractivity (Wildman–Crippen MR) is 78.9 cm³/mol. The van der Waals surface area contributed by atoms with Crippen LogP contribution in [0, 0.1) is 6.92 Å². The van der Waals surface area contributed by atoms with E-state index in [0.29, 0.717) is 22.1 Å². The minimum Gasteiger partial charge on any atom is -0.456 e. The van der Waals surface area contributed by atoms with Crippen molar-refractivity contribution in [3.63, 3.8) is 0 Å². The molecule has 0 spiro atoms. The molecular weight excluding hydrogens is 330 g/mol. The van der Waals surface area contributed by atoms with Gasteiger partial charge < -0.3 is 10.5 Å². The molecule has 0 aliphatic carbocycles. The van der Waals surface area contributed by atoms with Crippen LogP contribution in [0.4, 0.5) is 0 Å². The molecule has 0 aliphatic rings. The molecule has 0 aliphatic heterocycles. The Hall–Kier alpha value is -1.52. The van der Waals surface area contributed by atoms with Crippen molar-refractivity contribution in [2.24, 2.45) is 5.73 Å². The Labute approximate surface area is 124 Å². The molecule has 2 aromatic rings.